The maximum atomic E-state index is 3.81. The fraction of sp³-hybridized carbons (Fsp3) is 0.250. The van der Waals surface area contributed by atoms with Gasteiger partial charge in [0.25, 0.3) is 0 Å². The lowest BCUT2D eigenvalue weighted by atomic mass is 10.2. The zero-order valence-corrected chi connectivity index (χ0v) is 7.81. The van der Waals surface area contributed by atoms with Gasteiger partial charge >= 0.3 is 0 Å². The molecule has 0 radical (unpaired) electrons. The Balaban J connectivity index is 3.71. The highest BCUT2D eigenvalue weighted by molar-refractivity contribution is 14.1. The molecule has 0 nitrogen and oxygen atoms in total. The third kappa shape index (κ3) is 5.83. The average Bonchev–Trinajstić information content (AvgIpc) is 1.83. The average molecular weight is 234 g/mol. The van der Waals surface area contributed by atoms with Gasteiger partial charge in [-0.3, -0.25) is 0 Å². The van der Waals surface area contributed by atoms with Crippen molar-refractivity contribution in [3.63, 3.8) is 0 Å². The van der Waals surface area contributed by atoms with E-state index in [2.05, 4.69) is 42.7 Å². The molecule has 0 saturated carbocycles. The van der Waals surface area contributed by atoms with E-state index >= 15 is 0 Å². The summed E-state index contributed by atoms with van der Waals surface area (Å²) < 4.78 is 1.04. The fourth-order valence-corrected chi connectivity index (χ4v) is 0.506. The van der Waals surface area contributed by atoms with Crippen LogP contribution in [0.2, 0.25) is 0 Å². The first-order valence-electron chi connectivity index (χ1n) is 2.87. The van der Waals surface area contributed by atoms with Gasteiger partial charge in [0.05, 0.1) is 0 Å². The first kappa shape index (κ1) is 8.95. The van der Waals surface area contributed by atoms with Gasteiger partial charge in [-0.05, 0) is 35.1 Å². The maximum absolute atomic E-state index is 3.81. The second-order valence-corrected chi connectivity index (χ2v) is 3.18. The van der Waals surface area contributed by atoms with E-state index in [-0.39, 0.29) is 0 Å². The summed E-state index contributed by atoms with van der Waals surface area (Å²) in [5, 5.41) is 0. The minimum Gasteiger partial charge on any atom is -0.0958 e. The fourth-order valence-electron chi connectivity index (χ4n) is 0.326. The number of halogens is 1. The van der Waals surface area contributed by atoms with Crippen LogP contribution in [-0.2, 0) is 0 Å². The van der Waals surface area contributed by atoms with Crippen LogP contribution in [0, 0.1) is 0 Å². The molecule has 0 rings (SSSR count). The van der Waals surface area contributed by atoms with Crippen LogP contribution in [0.15, 0.2) is 34.5 Å². The molecule has 0 unspecified atom stereocenters. The van der Waals surface area contributed by atoms with Crippen molar-refractivity contribution in [3.05, 3.63) is 34.5 Å². The van der Waals surface area contributed by atoms with Gasteiger partial charge in [0.2, 0.25) is 0 Å². The minimum absolute atomic E-state index is 1.01. The van der Waals surface area contributed by atoms with Crippen molar-refractivity contribution < 1.29 is 0 Å². The SMILES string of the molecule is C=C(I)/C=C\C(=C)CC. The Morgan fingerprint density at radius 1 is 1.44 bits per heavy atom. The van der Waals surface area contributed by atoms with Gasteiger partial charge in [-0.1, -0.05) is 31.7 Å². The maximum Gasteiger partial charge on any atom is 0.00580 e. The van der Waals surface area contributed by atoms with Crippen LogP contribution >= 0.6 is 22.6 Å². The molecule has 1 heteroatoms. The van der Waals surface area contributed by atoms with Crippen molar-refractivity contribution in [2.24, 2.45) is 0 Å². The third-order valence-corrected chi connectivity index (χ3v) is 1.31. The van der Waals surface area contributed by atoms with E-state index in [0.717, 1.165) is 15.6 Å². The van der Waals surface area contributed by atoms with Crippen molar-refractivity contribution >= 4 is 22.6 Å². The molecule has 9 heavy (non-hydrogen) atoms. The molecule has 0 amide bonds. The van der Waals surface area contributed by atoms with Gasteiger partial charge in [0, 0.05) is 3.58 Å². The molecule has 0 aliphatic rings. The molecule has 0 fully saturated rings. The van der Waals surface area contributed by atoms with Crippen molar-refractivity contribution in [1.29, 1.82) is 0 Å². The molecule has 0 aromatic rings. The molecule has 0 saturated heterocycles. The molecule has 0 heterocycles. The lowest BCUT2D eigenvalue weighted by Gasteiger charge is -1.88. The molecule has 0 N–H and O–H groups in total. The molecule has 0 aromatic carbocycles. The zero-order chi connectivity index (χ0) is 7.28. The van der Waals surface area contributed by atoms with Gasteiger partial charge in [-0.2, -0.15) is 0 Å². The van der Waals surface area contributed by atoms with E-state index < -0.39 is 0 Å². The number of allylic oxidation sites excluding steroid dienone is 4. The topological polar surface area (TPSA) is 0 Å². The van der Waals surface area contributed by atoms with Crippen LogP contribution in [-0.4, -0.2) is 0 Å². The smallest absolute Gasteiger partial charge is 0.00580 e. The van der Waals surface area contributed by atoms with E-state index in [1.807, 2.05) is 12.2 Å². The summed E-state index contributed by atoms with van der Waals surface area (Å²) in [4.78, 5) is 0. The molecule has 50 valence electrons. The molecule has 0 aliphatic carbocycles. The predicted molar refractivity (Wildman–Crippen MR) is 51.7 cm³/mol. The molecule has 0 spiro atoms. The van der Waals surface area contributed by atoms with Crippen molar-refractivity contribution in [1.82, 2.24) is 0 Å². The molecular weight excluding hydrogens is 223 g/mol. The summed E-state index contributed by atoms with van der Waals surface area (Å²) >= 11 is 2.17. The predicted octanol–water partition coefficient (Wildman–Crippen LogP) is 3.46. The second kappa shape index (κ2) is 4.79. The van der Waals surface area contributed by atoms with E-state index in [1.54, 1.807) is 0 Å². The van der Waals surface area contributed by atoms with E-state index in [0.29, 0.717) is 0 Å². The molecule has 0 bridgehead atoms. The number of rotatable bonds is 3. The number of hydrogen-bond acceptors (Lipinski definition) is 0. The Kier molecular flexibility index (Phi) is 4.77. The first-order chi connectivity index (χ1) is 4.16. The summed E-state index contributed by atoms with van der Waals surface area (Å²) in [6, 6.07) is 0. The van der Waals surface area contributed by atoms with Gasteiger partial charge in [0.1, 0.15) is 0 Å². The molecule has 0 atom stereocenters. The van der Waals surface area contributed by atoms with E-state index in [4.69, 9.17) is 0 Å². The van der Waals surface area contributed by atoms with Gasteiger partial charge in [-0.15, -0.1) is 0 Å². The van der Waals surface area contributed by atoms with E-state index in [9.17, 15) is 0 Å². The van der Waals surface area contributed by atoms with Crippen molar-refractivity contribution in [2.75, 3.05) is 0 Å². The van der Waals surface area contributed by atoms with Gasteiger partial charge < -0.3 is 0 Å². The monoisotopic (exact) mass is 234 g/mol. The van der Waals surface area contributed by atoms with Crippen LogP contribution in [0.1, 0.15) is 13.3 Å². The molecule has 0 aliphatic heterocycles. The summed E-state index contributed by atoms with van der Waals surface area (Å²) in [5.41, 5.74) is 1.15. The van der Waals surface area contributed by atoms with E-state index in [1.165, 1.54) is 0 Å². The van der Waals surface area contributed by atoms with Crippen LogP contribution in [0.25, 0.3) is 0 Å². The Morgan fingerprint density at radius 2 is 2.00 bits per heavy atom. The Morgan fingerprint density at radius 3 is 2.33 bits per heavy atom. The normalized spacial score (nSPS) is 10.0. The third-order valence-electron chi connectivity index (χ3n) is 0.954. The highest BCUT2D eigenvalue weighted by atomic mass is 127. The Labute approximate surface area is 70.5 Å². The van der Waals surface area contributed by atoms with Crippen molar-refractivity contribution in [3.8, 4) is 0 Å². The Bertz CT molecular complexity index is 143. The van der Waals surface area contributed by atoms with Gasteiger partial charge in [-0.25, -0.2) is 0 Å². The van der Waals surface area contributed by atoms with Crippen LogP contribution in [0.5, 0.6) is 0 Å². The highest BCUT2D eigenvalue weighted by Crippen LogP contribution is 2.06. The Hall–Kier alpha value is -0.0500. The van der Waals surface area contributed by atoms with Crippen molar-refractivity contribution in [2.45, 2.75) is 13.3 Å². The number of hydrogen-bond donors (Lipinski definition) is 0. The minimum atomic E-state index is 1.01. The highest BCUT2D eigenvalue weighted by Gasteiger charge is 1.80. The summed E-state index contributed by atoms with van der Waals surface area (Å²) in [6.07, 6.45) is 4.97. The van der Waals surface area contributed by atoms with Gasteiger partial charge in [0.15, 0.2) is 0 Å². The molecule has 0 aromatic heterocycles. The van der Waals surface area contributed by atoms with Crippen LogP contribution < -0.4 is 0 Å². The lowest BCUT2D eigenvalue weighted by molar-refractivity contribution is 1.16. The molecular formula is C8H11I. The largest absolute Gasteiger partial charge is 0.0958 e. The zero-order valence-electron chi connectivity index (χ0n) is 5.65. The van der Waals surface area contributed by atoms with Crippen LogP contribution in [0.3, 0.4) is 0 Å². The standard InChI is InChI=1S/C8H11I/c1-4-7(2)5-6-8(3)9/h5-6H,2-4H2,1H3/b6-5-. The second-order valence-electron chi connectivity index (χ2n) is 1.79. The first-order valence-corrected chi connectivity index (χ1v) is 3.95. The summed E-state index contributed by atoms with van der Waals surface area (Å²) in [5.74, 6) is 0. The summed E-state index contributed by atoms with van der Waals surface area (Å²) in [7, 11) is 0. The van der Waals surface area contributed by atoms with Crippen LogP contribution in [0.4, 0.5) is 0 Å². The summed E-state index contributed by atoms with van der Waals surface area (Å²) in [6.45, 7) is 9.62. The quantitative estimate of drug-likeness (QED) is 0.518. The lowest BCUT2D eigenvalue weighted by Crippen LogP contribution is -1.67.